The molecule has 0 unspecified atom stereocenters. The third kappa shape index (κ3) is 4.37. The summed E-state index contributed by atoms with van der Waals surface area (Å²) in [5.74, 6) is 0.474. The predicted octanol–water partition coefficient (Wildman–Crippen LogP) is 6.22. The second-order valence-electron chi connectivity index (χ2n) is 9.17. The zero-order valence-electron chi connectivity index (χ0n) is 17.9. The second kappa shape index (κ2) is 8.80. The Morgan fingerprint density at radius 3 is 2.53 bits per heavy atom. The number of ketones is 1. The lowest BCUT2D eigenvalue weighted by molar-refractivity contribution is 0.0968. The van der Waals surface area contributed by atoms with Crippen LogP contribution in [0.25, 0.3) is 22.0 Å². The number of carbonyl (C=O) groups is 1. The highest BCUT2D eigenvalue weighted by Gasteiger charge is 2.33. The number of fused-ring (bicyclic) bond motifs is 1. The van der Waals surface area contributed by atoms with Crippen molar-refractivity contribution in [2.75, 3.05) is 11.9 Å². The molecule has 2 aliphatic carbocycles. The van der Waals surface area contributed by atoms with Crippen molar-refractivity contribution in [1.82, 2.24) is 4.98 Å². The van der Waals surface area contributed by atoms with Gasteiger partial charge in [0.1, 0.15) is 5.82 Å². The summed E-state index contributed by atoms with van der Waals surface area (Å²) in [6.07, 6.45) is 7.85. The Bertz CT molecular complexity index is 1150. The fourth-order valence-corrected chi connectivity index (χ4v) is 4.97. The van der Waals surface area contributed by atoms with Crippen LogP contribution in [0.4, 0.5) is 10.1 Å². The first kappa shape index (κ1) is 21.4. The smallest absolute Gasteiger partial charge is 0.169 e. The van der Waals surface area contributed by atoms with Gasteiger partial charge in [0.25, 0.3) is 0 Å². The van der Waals surface area contributed by atoms with Crippen LogP contribution in [0, 0.1) is 17.7 Å². The number of aromatic nitrogens is 1. The van der Waals surface area contributed by atoms with Gasteiger partial charge in [0.2, 0.25) is 0 Å². The summed E-state index contributed by atoms with van der Waals surface area (Å²) in [5.41, 5.74) is 9.73. The van der Waals surface area contributed by atoms with Crippen molar-refractivity contribution in [2.24, 2.45) is 17.6 Å². The molecule has 6 heteroatoms. The summed E-state index contributed by atoms with van der Waals surface area (Å²) in [6.45, 7) is 0.732. The molecule has 5 rings (SSSR count). The van der Waals surface area contributed by atoms with Crippen LogP contribution in [-0.4, -0.2) is 23.4 Å². The first-order valence-electron chi connectivity index (χ1n) is 11.4. The zero-order valence-corrected chi connectivity index (χ0v) is 18.7. The lowest BCUT2D eigenvalue weighted by atomic mass is 9.85. The minimum absolute atomic E-state index is 0.105. The molecule has 166 valence electrons. The number of anilines is 1. The molecular formula is C26H27ClFN3O. The number of carbonyl (C=O) groups excluding carboxylic acids is 1. The Morgan fingerprint density at radius 1 is 1.06 bits per heavy atom. The average molecular weight is 452 g/mol. The molecule has 0 radical (unpaired) electrons. The first-order valence-corrected chi connectivity index (χ1v) is 11.8. The molecule has 3 N–H and O–H groups in total. The Kier molecular flexibility index (Phi) is 5.87. The zero-order chi connectivity index (χ0) is 22.2. The fourth-order valence-electron chi connectivity index (χ4n) is 4.75. The van der Waals surface area contributed by atoms with Crippen molar-refractivity contribution in [3.8, 4) is 11.1 Å². The van der Waals surface area contributed by atoms with E-state index < -0.39 is 0 Å². The summed E-state index contributed by atoms with van der Waals surface area (Å²) < 4.78 is 14.0. The highest BCUT2D eigenvalue weighted by molar-refractivity contribution is 6.30. The highest BCUT2D eigenvalue weighted by atomic mass is 35.5. The summed E-state index contributed by atoms with van der Waals surface area (Å²) >= 11 is 6.09. The highest BCUT2D eigenvalue weighted by Crippen LogP contribution is 2.39. The standard InChI is InChI=1S/C26H27ClFN3O/c27-19-9-18(10-20(28)12-19)17-5-8-24-22(11-17)25(23(14-30-24)26(32)16-3-4-16)31-21-6-1-15(13-29)2-7-21/h5,8-12,14-16,21H,1-4,6-7,13,29H2,(H,30,31). The number of hydrogen-bond acceptors (Lipinski definition) is 4. The van der Waals surface area contributed by atoms with Crippen LogP contribution in [-0.2, 0) is 0 Å². The fraction of sp³-hybridized carbons (Fsp3) is 0.385. The number of pyridine rings is 1. The van der Waals surface area contributed by atoms with Gasteiger partial charge < -0.3 is 11.1 Å². The van der Waals surface area contributed by atoms with E-state index in [2.05, 4.69) is 10.3 Å². The summed E-state index contributed by atoms with van der Waals surface area (Å²) in [6, 6.07) is 10.6. The molecule has 1 aromatic heterocycles. The van der Waals surface area contributed by atoms with Gasteiger partial charge in [-0.1, -0.05) is 17.7 Å². The molecule has 0 bridgehead atoms. The number of hydrogen-bond donors (Lipinski definition) is 2. The van der Waals surface area contributed by atoms with Crippen molar-refractivity contribution in [1.29, 1.82) is 0 Å². The lowest BCUT2D eigenvalue weighted by Crippen LogP contribution is -2.29. The number of Topliss-reactive ketones (excluding diaryl/α,β-unsaturated/α-hetero) is 1. The second-order valence-corrected chi connectivity index (χ2v) is 9.61. The maximum absolute atomic E-state index is 14.0. The van der Waals surface area contributed by atoms with Gasteiger partial charge in [-0.25, -0.2) is 4.39 Å². The van der Waals surface area contributed by atoms with Gasteiger partial charge >= 0.3 is 0 Å². The number of halogens is 2. The van der Waals surface area contributed by atoms with Gasteiger partial charge in [-0.05, 0) is 92.4 Å². The van der Waals surface area contributed by atoms with E-state index in [-0.39, 0.29) is 17.5 Å². The molecule has 2 aliphatic rings. The number of nitrogens with two attached hydrogens (primary N) is 1. The summed E-state index contributed by atoms with van der Waals surface area (Å²) in [5, 5.41) is 4.94. The predicted molar refractivity (Wildman–Crippen MR) is 128 cm³/mol. The molecule has 0 atom stereocenters. The minimum atomic E-state index is -0.376. The third-order valence-electron chi connectivity index (χ3n) is 6.81. The molecule has 32 heavy (non-hydrogen) atoms. The van der Waals surface area contributed by atoms with Gasteiger partial charge in [0, 0.05) is 28.6 Å². The van der Waals surface area contributed by atoms with E-state index in [4.69, 9.17) is 17.3 Å². The van der Waals surface area contributed by atoms with Crippen molar-refractivity contribution in [3.63, 3.8) is 0 Å². The van der Waals surface area contributed by atoms with E-state index in [1.165, 1.54) is 12.1 Å². The van der Waals surface area contributed by atoms with Gasteiger partial charge in [0.15, 0.2) is 5.78 Å². The molecule has 0 aliphatic heterocycles. The summed E-state index contributed by atoms with van der Waals surface area (Å²) in [4.78, 5) is 17.7. The molecule has 0 spiro atoms. The van der Waals surface area contributed by atoms with E-state index >= 15 is 0 Å². The van der Waals surface area contributed by atoms with E-state index in [0.717, 1.165) is 67.2 Å². The van der Waals surface area contributed by atoms with Crippen molar-refractivity contribution >= 4 is 34.0 Å². The maximum atomic E-state index is 14.0. The van der Waals surface area contributed by atoms with Gasteiger partial charge in [-0.15, -0.1) is 0 Å². The van der Waals surface area contributed by atoms with Gasteiger partial charge in [-0.3, -0.25) is 9.78 Å². The van der Waals surface area contributed by atoms with Crippen LogP contribution in [0.3, 0.4) is 0 Å². The van der Waals surface area contributed by atoms with Crippen LogP contribution >= 0.6 is 11.6 Å². The minimum Gasteiger partial charge on any atom is -0.381 e. The molecule has 0 amide bonds. The lowest BCUT2D eigenvalue weighted by Gasteiger charge is -2.30. The van der Waals surface area contributed by atoms with Crippen molar-refractivity contribution in [3.05, 3.63) is 59.0 Å². The topological polar surface area (TPSA) is 68.0 Å². The van der Waals surface area contributed by atoms with Crippen LogP contribution in [0.1, 0.15) is 48.9 Å². The quantitative estimate of drug-likeness (QED) is 0.437. The molecule has 3 aromatic rings. The van der Waals surface area contributed by atoms with Gasteiger partial charge in [0.05, 0.1) is 16.8 Å². The van der Waals surface area contributed by atoms with E-state index in [9.17, 15) is 9.18 Å². The van der Waals surface area contributed by atoms with E-state index in [1.54, 1.807) is 12.3 Å². The van der Waals surface area contributed by atoms with Crippen LogP contribution < -0.4 is 11.1 Å². The molecule has 2 aromatic carbocycles. The largest absolute Gasteiger partial charge is 0.381 e. The number of nitrogens with zero attached hydrogens (tertiary/aromatic N) is 1. The SMILES string of the molecule is NCC1CCC(Nc2c(C(=O)C3CC3)cnc3ccc(-c4cc(F)cc(Cl)c4)cc23)CC1. The monoisotopic (exact) mass is 451 g/mol. The Labute approximate surface area is 192 Å². The summed E-state index contributed by atoms with van der Waals surface area (Å²) in [7, 11) is 0. The normalized spacial score (nSPS) is 21.0. The van der Waals surface area contributed by atoms with E-state index in [0.29, 0.717) is 28.1 Å². The third-order valence-corrected chi connectivity index (χ3v) is 7.02. The molecule has 2 saturated carbocycles. The molecular weight excluding hydrogens is 425 g/mol. The average Bonchev–Trinajstić information content (AvgIpc) is 3.64. The number of benzene rings is 2. The van der Waals surface area contributed by atoms with Gasteiger partial charge in [-0.2, -0.15) is 0 Å². The van der Waals surface area contributed by atoms with Crippen LogP contribution in [0.15, 0.2) is 42.6 Å². The first-order chi connectivity index (χ1) is 15.5. The molecule has 0 saturated heterocycles. The van der Waals surface area contributed by atoms with Crippen molar-refractivity contribution in [2.45, 2.75) is 44.6 Å². The Hall–Kier alpha value is -2.50. The number of nitrogens with one attached hydrogen (secondary N) is 1. The Morgan fingerprint density at radius 2 is 1.84 bits per heavy atom. The molecule has 4 nitrogen and oxygen atoms in total. The van der Waals surface area contributed by atoms with Crippen LogP contribution in [0.2, 0.25) is 5.02 Å². The van der Waals surface area contributed by atoms with Crippen molar-refractivity contribution < 1.29 is 9.18 Å². The van der Waals surface area contributed by atoms with E-state index in [1.807, 2.05) is 18.2 Å². The molecule has 1 heterocycles. The van der Waals surface area contributed by atoms with Crippen LogP contribution in [0.5, 0.6) is 0 Å². The Balaban J connectivity index is 1.58. The maximum Gasteiger partial charge on any atom is 0.169 e. The molecule has 2 fully saturated rings. The number of rotatable bonds is 6.